The second kappa shape index (κ2) is 6.24. The normalized spacial score (nSPS) is 10.3. The van der Waals surface area contributed by atoms with Crippen molar-refractivity contribution >= 4 is 39.1 Å². The Hall–Kier alpha value is -1.59. The van der Waals surface area contributed by atoms with Gasteiger partial charge in [-0.2, -0.15) is 0 Å². The van der Waals surface area contributed by atoms with Crippen molar-refractivity contribution < 1.29 is 9.18 Å². The van der Waals surface area contributed by atoms with Crippen molar-refractivity contribution in [3.8, 4) is 0 Å². The number of benzene rings is 2. The summed E-state index contributed by atoms with van der Waals surface area (Å²) in [5, 5.41) is 3.73. The summed E-state index contributed by atoms with van der Waals surface area (Å²) in [6.45, 7) is 0.502. The number of carbonyl (C=O) groups is 1. The number of carbonyl (C=O) groups excluding carboxylic acids is 1. The Morgan fingerprint density at radius 3 is 2.70 bits per heavy atom. The number of amides is 1. The SMILES string of the molecule is NC(=O)c1cc(NCc2ccc(Cl)cc2Br)ccc1F. The molecule has 6 heteroatoms. The number of anilines is 1. The zero-order chi connectivity index (χ0) is 14.7. The monoisotopic (exact) mass is 356 g/mol. The smallest absolute Gasteiger partial charge is 0.251 e. The molecule has 0 atom stereocenters. The molecule has 1 amide bonds. The molecule has 0 saturated heterocycles. The number of hydrogen-bond donors (Lipinski definition) is 2. The maximum Gasteiger partial charge on any atom is 0.251 e. The van der Waals surface area contributed by atoms with Gasteiger partial charge in [-0.25, -0.2) is 4.39 Å². The number of nitrogens with two attached hydrogens (primary N) is 1. The average molecular weight is 358 g/mol. The van der Waals surface area contributed by atoms with Crippen LogP contribution >= 0.6 is 27.5 Å². The third kappa shape index (κ3) is 3.49. The molecule has 104 valence electrons. The van der Waals surface area contributed by atoms with Crippen LogP contribution in [0.1, 0.15) is 15.9 Å². The minimum absolute atomic E-state index is 0.134. The van der Waals surface area contributed by atoms with Gasteiger partial charge in [0.25, 0.3) is 5.91 Å². The molecular formula is C14H11BrClFN2O. The van der Waals surface area contributed by atoms with Crippen molar-refractivity contribution in [2.45, 2.75) is 6.54 Å². The van der Waals surface area contributed by atoms with Gasteiger partial charge >= 0.3 is 0 Å². The molecule has 2 aromatic rings. The summed E-state index contributed by atoms with van der Waals surface area (Å²) in [4.78, 5) is 11.1. The standard InChI is InChI=1S/C14H11BrClFN2O/c15-12-5-9(16)2-1-8(12)7-19-10-3-4-13(17)11(6-10)14(18)20/h1-6,19H,7H2,(H2,18,20). The molecule has 2 rings (SSSR count). The first-order valence-corrected chi connectivity index (χ1v) is 6.91. The summed E-state index contributed by atoms with van der Waals surface area (Å²) >= 11 is 9.28. The fraction of sp³-hybridized carbons (Fsp3) is 0.0714. The molecule has 0 fully saturated rings. The minimum atomic E-state index is -0.793. The summed E-state index contributed by atoms with van der Waals surface area (Å²) in [6.07, 6.45) is 0. The fourth-order valence-corrected chi connectivity index (χ4v) is 2.51. The highest BCUT2D eigenvalue weighted by Crippen LogP contribution is 2.23. The zero-order valence-electron chi connectivity index (χ0n) is 10.3. The van der Waals surface area contributed by atoms with Crippen LogP contribution in [0.15, 0.2) is 40.9 Å². The molecule has 0 spiro atoms. The van der Waals surface area contributed by atoms with Crippen LogP contribution in [-0.4, -0.2) is 5.91 Å². The van der Waals surface area contributed by atoms with Crippen molar-refractivity contribution in [1.82, 2.24) is 0 Å². The molecule has 0 aliphatic carbocycles. The summed E-state index contributed by atoms with van der Waals surface area (Å²) in [5.41, 5.74) is 6.57. The Balaban J connectivity index is 2.15. The molecule has 0 heterocycles. The summed E-state index contributed by atoms with van der Waals surface area (Å²) < 4.78 is 14.2. The van der Waals surface area contributed by atoms with Crippen LogP contribution in [0, 0.1) is 5.82 Å². The number of nitrogens with one attached hydrogen (secondary N) is 1. The molecule has 0 radical (unpaired) electrons. The van der Waals surface area contributed by atoms with Crippen LogP contribution in [0.4, 0.5) is 10.1 Å². The predicted molar refractivity (Wildman–Crippen MR) is 81.4 cm³/mol. The van der Waals surface area contributed by atoms with Gasteiger partial charge in [-0.15, -0.1) is 0 Å². The van der Waals surface area contributed by atoms with Crippen LogP contribution in [0.5, 0.6) is 0 Å². The first-order chi connectivity index (χ1) is 9.47. The molecule has 0 bridgehead atoms. The molecule has 2 aromatic carbocycles. The molecule has 0 unspecified atom stereocenters. The number of rotatable bonds is 4. The fourth-order valence-electron chi connectivity index (χ4n) is 1.69. The Bertz CT molecular complexity index is 664. The highest BCUT2D eigenvalue weighted by atomic mass is 79.9. The summed E-state index contributed by atoms with van der Waals surface area (Å²) in [7, 11) is 0. The molecule has 3 nitrogen and oxygen atoms in total. The van der Waals surface area contributed by atoms with E-state index in [1.807, 2.05) is 6.07 Å². The molecular weight excluding hydrogens is 347 g/mol. The molecule has 20 heavy (non-hydrogen) atoms. The van der Waals surface area contributed by atoms with E-state index in [9.17, 15) is 9.18 Å². The van der Waals surface area contributed by atoms with Crippen LogP contribution < -0.4 is 11.1 Å². The van der Waals surface area contributed by atoms with Gasteiger partial charge in [0, 0.05) is 21.7 Å². The van der Waals surface area contributed by atoms with Crippen LogP contribution in [-0.2, 0) is 6.54 Å². The third-order valence-electron chi connectivity index (χ3n) is 2.73. The van der Waals surface area contributed by atoms with Gasteiger partial charge in [0.1, 0.15) is 5.82 Å². The maximum absolute atomic E-state index is 13.3. The van der Waals surface area contributed by atoms with E-state index in [2.05, 4.69) is 21.2 Å². The van der Waals surface area contributed by atoms with E-state index in [4.69, 9.17) is 17.3 Å². The number of primary amides is 1. The van der Waals surface area contributed by atoms with Gasteiger partial charge in [-0.3, -0.25) is 4.79 Å². The topological polar surface area (TPSA) is 55.1 Å². The van der Waals surface area contributed by atoms with E-state index >= 15 is 0 Å². The minimum Gasteiger partial charge on any atom is -0.381 e. The molecule has 0 aromatic heterocycles. The van der Waals surface area contributed by atoms with Crippen molar-refractivity contribution in [3.63, 3.8) is 0 Å². The molecule has 0 saturated carbocycles. The van der Waals surface area contributed by atoms with Crippen molar-refractivity contribution in [2.24, 2.45) is 5.73 Å². The zero-order valence-corrected chi connectivity index (χ0v) is 12.6. The first kappa shape index (κ1) is 14.8. The highest BCUT2D eigenvalue weighted by molar-refractivity contribution is 9.10. The Morgan fingerprint density at radius 2 is 2.05 bits per heavy atom. The van der Waals surface area contributed by atoms with Crippen molar-refractivity contribution in [1.29, 1.82) is 0 Å². The van der Waals surface area contributed by atoms with Gasteiger partial charge in [-0.05, 0) is 35.9 Å². The van der Waals surface area contributed by atoms with E-state index < -0.39 is 11.7 Å². The van der Waals surface area contributed by atoms with Crippen LogP contribution in [0.2, 0.25) is 5.02 Å². The van der Waals surface area contributed by atoms with Gasteiger partial charge < -0.3 is 11.1 Å². The first-order valence-electron chi connectivity index (χ1n) is 5.74. The van der Waals surface area contributed by atoms with Crippen molar-refractivity contribution in [3.05, 3.63) is 62.8 Å². The molecule has 0 aliphatic rings. The maximum atomic E-state index is 13.3. The van der Waals surface area contributed by atoms with E-state index in [-0.39, 0.29) is 5.56 Å². The Labute approximate surface area is 129 Å². The van der Waals surface area contributed by atoms with E-state index in [1.165, 1.54) is 12.1 Å². The van der Waals surface area contributed by atoms with Gasteiger partial charge in [0.05, 0.1) is 5.56 Å². The van der Waals surface area contributed by atoms with E-state index in [0.717, 1.165) is 10.0 Å². The molecule has 0 aliphatic heterocycles. The predicted octanol–water partition coefficient (Wildman–Crippen LogP) is 3.95. The lowest BCUT2D eigenvalue weighted by molar-refractivity contribution is 0.0996. The number of hydrogen-bond acceptors (Lipinski definition) is 2. The lowest BCUT2D eigenvalue weighted by atomic mass is 10.1. The Kier molecular flexibility index (Phi) is 4.62. The average Bonchev–Trinajstić information content (AvgIpc) is 2.39. The quantitative estimate of drug-likeness (QED) is 0.870. The summed E-state index contributed by atoms with van der Waals surface area (Å²) in [6, 6.07) is 9.59. The van der Waals surface area contributed by atoms with Gasteiger partial charge in [-0.1, -0.05) is 33.6 Å². The third-order valence-corrected chi connectivity index (χ3v) is 3.70. The van der Waals surface area contributed by atoms with Gasteiger partial charge in [0.2, 0.25) is 0 Å². The molecule has 3 N–H and O–H groups in total. The van der Waals surface area contributed by atoms with Gasteiger partial charge in [0.15, 0.2) is 0 Å². The highest BCUT2D eigenvalue weighted by Gasteiger charge is 2.09. The van der Waals surface area contributed by atoms with E-state index in [1.54, 1.807) is 18.2 Å². The largest absolute Gasteiger partial charge is 0.381 e. The second-order valence-electron chi connectivity index (χ2n) is 4.15. The van der Waals surface area contributed by atoms with Crippen LogP contribution in [0.25, 0.3) is 0 Å². The van der Waals surface area contributed by atoms with E-state index in [0.29, 0.717) is 17.3 Å². The van der Waals surface area contributed by atoms with Crippen molar-refractivity contribution in [2.75, 3.05) is 5.32 Å². The second-order valence-corrected chi connectivity index (χ2v) is 5.44. The van der Waals surface area contributed by atoms with Crippen LogP contribution in [0.3, 0.4) is 0 Å². The lowest BCUT2D eigenvalue weighted by Gasteiger charge is -2.10. The Morgan fingerprint density at radius 1 is 1.30 bits per heavy atom. The summed E-state index contributed by atoms with van der Waals surface area (Å²) in [5.74, 6) is -1.42. The number of halogens is 3. The lowest BCUT2D eigenvalue weighted by Crippen LogP contribution is -2.13.